The average molecular weight is 401 g/mol. The fourth-order valence-electron chi connectivity index (χ4n) is 1.77. The Labute approximate surface area is 158 Å². The van der Waals surface area contributed by atoms with E-state index in [1.807, 2.05) is 0 Å². The fraction of sp³-hybridized carbons (Fsp3) is 0.0625. The maximum absolute atomic E-state index is 11.9. The molecule has 0 aliphatic carbocycles. The summed E-state index contributed by atoms with van der Waals surface area (Å²) < 4.78 is 5.08. The summed E-state index contributed by atoms with van der Waals surface area (Å²) >= 11 is 17.5. The maximum Gasteiger partial charge on any atom is 0.329 e. The first-order valence-corrected chi connectivity index (χ1v) is 7.97. The molecule has 0 radical (unpaired) electrons. The van der Waals surface area contributed by atoms with Crippen LogP contribution in [0.3, 0.4) is 0 Å². The molecular formula is C16H12Cl3N3O3. The third kappa shape index (κ3) is 5.35. The van der Waals surface area contributed by atoms with Gasteiger partial charge in [0.2, 0.25) is 0 Å². The number of anilines is 1. The number of carbonyl (C=O) groups is 2. The summed E-state index contributed by atoms with van der Waals surface area (Å²) in [6, 6.07) is 9.43. The Hall–Kier alpha value is -2.28. The van der Waals surface area contributed by atoms with Crippen LogP contribution in [0.1, 0.15) is 5.56 Å². The second-order valence-corrected chi connectivity index (χ2v) is 5.92. The molecule has 2 N–H and O–H groups in total. The number of ether oxygens (including phenoxy) is 1. The highest BCUT2D eigenvalue weighted by Gasteiger charge is 2.15. The number of hydrogen-bond donors (Lipinski definition) is 2. The molecule has 0 aliphatic heterocycles. The van der Waals surface area contributed by atoms with E-state index < -0.39 is 11.8 Å². The molecule has 0 bridgehead atoms. The van der Waals surface area contributed by atoms with Gasteiger partial charge in [0, 0.05) is 5.02 Å². The highest BCUT2D eigenvalue weighted by atomic mass is 35.5. The molecule has 2 aromatic rings. The van der Waals surface area contributed by atoms with Gasteiger partial charge < -0.3 is 10.1 Å². The molecule has 2 rings (SSSR count). The molecule has 0 atom stereocenters. The van der Waals surface area contributed by atoms with Gasteiger partial charge in [-0.05, 0) is 35.9 Å². The SMILES string of the molecule is COc1ccc(Cl)cc1NC(=O)C(=O)N/N=C\c1ccc(Cl)c(Cl)c1. The molecule has 0 unspecified atom stereocenters. The number of benzene rings is 2. The van der Waals surface area contributed by atoms with Crippen molar-refractivity contribution >= 4 is 58.5 Å². The van der Waals surface area contributed by atoms with E-state index in [1.54, 1.807) is 30.3 Å². The minimum atomic E-state index is -0.960. The van der Waals surface area contributed by atoms with Crippen LogP contribution < -0.4 is 15.5 Å². The molecule has 0 aliphatic rings. The van der Waals surface area contributed by atoms with Crippen molar-refractivity contribution in [2.75, 3.05) is 12.4 Å². The molecule has 130 valence electrons. The van der Waals surface area contributed by atoms with Crippen LogP contribution >= 0.6 is 34.8 Å². The number of rotatable bonds is 4. The molecule has 2 aromatic carbocycles. The predicted octanol–water partition coefficient (Wildman–Crippen LogP) is 3.74. The van der Waals surface area contributed by atoms with Crippen LogP contribution in [0.2, 0.25) is 15.1 Å². The van der Waals surface area contributed by atoms with Gasteiger partial charge in [-0.15, -0.1) is 0 Å². The van der Waals surface area contributed by atoms with Crippen molar-refractivity contribution in [2.24, 2.45) is 5.10 Å². The Balaban J connectivity index is 1.98. The number of halogens is 3. The van der Waals surface area contributed by atoms with Crippen LogP contribution in [0.25, 0.3) is 0 Å². The zero-order valence-corrected chi connectivity index (χ0v) is 15.1. The van der Waals surface area contributed by atoms with Gasteiger partial charge in [-0.2, -0.15) is 5.10 Å². The monoisotopic (exact) mass is 399 g/mol. The second-order valence-electron chi connectivity index (χ2n) is 4.67. The van der Waals surface area contributed by atoms with Gasteiger partial charge in [-0.3, -0.25) is 9.59 Å². The summed E-state index contributed by atoms with van der Waals surface area (Å²) in [5.74, 6) is -1.52. The van der Waals surface area contributed by atoms with E-state index in [4.69, 9.17) is 39.5 Å². The normalized spacial score (nSPS) is 10.6. The van der Waals surface area contributed by atoms with Gasteiger partial charge >= 0.3 is 11.8 Å². The van der Waals surface area contributed by atoms with E-state index in [-0.39, 0.29) is 5.69 Å². The summed E-state index contributed by atoms with van der Waals surface area (Å²) in [6.45, 7) is 0. The summed E-state index contributed by atoms with van der Waals surface area (Å²) in [6.07, 6.45) is 1.33. The van der Waals surface area contributed by atoms with Crippen molar-refractivity contribution in [3.05, 3.63) is 57.0 Å². The van der Waals surface area contributed by atoms with Crippen LogP contribution in [0, 0.1) is 0 Å². The van der Waals surface area contributed by atoms with Gasteiger partial charge in [0.1, 0.15) is 5.75 Å². The zero-order chi connectivity index (χ0) is 18.4. The van der Waals surface area contributed by atoms with Gasteiger partial charge in [-0.1, -0.05) is 40.9 Å². The minimum Gasteiger partial charge on any atom is -0.495 e. The topological polar surface area (TPSA) is 79.8 Å². The summed E-state index contributed by atoms with van der Waals surface area (Å²) in [5, 5.41) is 7.22. The lowest BCUT2D eigenvalue weighted by atomic mass is 10.2. The third-order valence-electron chi connectivity index (χ3n) is 2.94. The van der Waals surface area contributed by atoms with E-state index >= 15 is 0 Å². The van der Waals surface area contributed by atoms with Crippen molar-refractivity contribution in [3.63, 3.8) is 0 Å². The average Bonchev–Trinajstić information content (AvgIpc) is 2.58. The standard InChI is InChI=1S/C16H12Cl3N3O3/c1-25-14-5-3-10(17)7-13(14)21-15(23)16(24)22-20-8-9-2-4-11(18)12(19)6-9/h2-8H,1H3,(H,21,23)(H,22,24)/b20-8-. The van der Waals surface area contributed by atoms with Crippen LogP contribution in [0.4, 0.5) is 5.69 Å². The van der Waals surface area contributed by atoms with Crippen molar-refractivity contribution in [3.8, 4) is 5.75 Å². The number of nitrogens with zero attached hydrogens (tertiary/aromatic N) is 1. The van der Waals surface area contributed by atoms with Crippen LogP contribution in [0.5, 0.6) is 5.75 Å². The number of methoxy groups -OCH3 is 1. The van der Waals surface area contributed by atoms with Crippen molar-refractivity contribution in [1.29, 1.82) is 0 Å². The molecule has 9 heteroatoms. The van der Waals surface area contributed by atoms with Gasteiger partial charge in [0.05, 0.1) is 29.1 Å². The third-order valence-corrected chi connectivity index (χ3v) is 3.91. The number of amides is 2. The summed E-state index contributed by atoms with van der Waals surface area (Å²) in [7, 11) is 1.43. The first-order valence-electron chi connectivity index (χ1n) is 6.83. The van der Waals surface area contributed by atoms with E-state index in [0.29, 0.717) is 26.4 Å². The van der Waals surface area contributed by atoms with Crippen LogP contribution in [-0.2, 0) is 9.59 Å². The number of carbonyl (C=O) groups excluding carboxylic acids is 2. The Morgan fingerprint density at radius 3 is 2.48 bits per heavy atom. The van der Waals surface area contributed by atoms with E-state index in [0.717, 1.165) is 0 Å². The van der Waals surface area contributed by atoms with Crippen molar-refractivity contribution < 1.29 is 14.3 Å². The lowest BCUT2D eigenvalue weighted by Crippen LogP contribution is -2.32. The van der Waals surface area contributed by atoms with Gasteiger partial charge in [-0.25, -0.2) is 5.43 Å². The Morgan fingerprint density at radius 2 is 1.80 bits per heavy atom. The largest absolute Gasteiger partial charge is 0.495 e. The molecule has 0 aromatic heterocycles. The molecule has 0 saturated carbocycles. The first-order chi connectivity index (χ1) is 11.9. The Kier molecular flexibility index (Phi) is 6.64. The molecule has 6 nitrogen and oxygen atoms in total. The van der Waals surface area contributed by atoms with Crippen LogP contribution in [-0.4, -0.2) is 25.1 Å². The molecule has 0 heterocycles. The van der Waals surface area contributed by atoms with E-state index in [9.17, 15) is 9.59 Å². The fourth-order valence-corrected chi connectivity index (χ4v) is 2.24. The van der Waals surface area contributed by atoms with Crippen LogP contribution in [0.15, 0.2) is 41.5 Å². The summed E-state index contributed by atoms with van der Waals surface area (Å²) in [5.41, 5.74) is 2.98. The Morgan fingerprint density at radius 1 is 1.04 bits per heavy atom. The smallest absolute Gasteiger partial charge is 0.329 e. The van der Waals surface area contributed by atoms with Crippen molar-refractivity contribution in [1.82, 2.24) is 5.43 Å². The maximum atomic E-state index is 11.9. The molecule has 0 spiro atoms. The molecule has 0 fully saturated rings. The van der Waals surface area contributed by atoms with Crippen molar-refractivity contribution in [2.45, 2.75) is 0 Å². The Bertz CT molecular complexity index is 841. The lowest BCUT2D eigenvalue weighted by Gasteiger charge is -2.09. The number of hydrazone groups is 1. The molecular weight excluding hydrogens is 389 g/mol. The second kappa shape index (κ2) is 8.71. The van der Waals surface area contributed by atoms with Gasteiger partial charge in [0.25, 0.3) is 0 Å². The van der Waals surface area contributed by atoms with E-state index in [1.165, 1.54) is 19.4 Å². The quantitative estimate of drug-likeness (QED) is 0.466. The number of nitrogens with one attached hydrogen (secondary N) is 2. The lowest BCUT2D eigenvalue weighted by molar-refractivity contribution is -0.136. The number of hydrogen-bond acceptors (Lipinski definition) is 4. The first kappa shape index (κ1) is 19.1. The highest BCUT2D eigenvalue weighted by molar-refractivity contribution is 6.42. The molecule has 2 amide bonds. The highest BCUT2D eigenvalue weighted by Crippen LogP contribution is 2.27. The zero-order valence-electron chi connectivity index (χ0n) is 12.8. The summed E-state index contributed by atoms with van der Waals surface area (Å²) in [4.78, 5) is 23.7. The molecule has 0 saturated heterocycles. The minimum absolute atomic E-state index is 0.267. The van der Waals surface area contributed by atoms with Gasteiger partial charge in [0.15, 0.2) is 0 Å². The van der Waals surface area contributed by atoms with E-state index in [2.05, 4.69) is 15.8 Å². The predicted molar refractivity (Wildman–Crippen MR) is 98.8 cm³/mol. The molecule has 25 heavy (non-hydrogen) atoms.